The zero-order chi connectivity index (χ0) is 21.9. The van der Waals surface area contributed by atoms with Crippen molar-refractivity contribution >= 4 is 18.0 Å². The minimum atomic E-state index is -0.295. The summed E-state index contributed by atoms with van der Waals surface area (Å²) in [7, 11) is 0. The van der Waals surface area contributed by atoms with Gasteiger partial charge in [-0.2, -0.15) is 0 Å². The van der Waals surface area contributed by atoms with Crippen LogP contribution in [0.3, 0.4) is 0 Å². The van der Waals surface area contributed by atoms with Crippen LogP contribution in [0.1, 0.15) is 53.0 Å². The second-order valence-electron chi connectivity index (χ2n) is 6.42. The molecule has 0 aliphatic rings. The molecular weight excluding hydrogens is 352 g/mol. The number of hydrogen-bond acceptors (Lipinski definition) is 4. The van der Waals surface area contributed by atoms with Crippen LogP contribution < -0.4 is 0 Å². The molecular formula is C24H36O4. The molecule has 4 nitrogen and oxygen atoms in total. The Morgan fingerprint density at radius 1 is 1.00 bits per heavy atom. The number of benzene rings is 1. The molecule has 0 saturated heterocycles. The first-order valence-corrected chi connectivity index (χ1v) is 9.52. The average molecular weight is 389 g/mol. The Morgan fingerprint density at radius 3 is 1.86 bits per heavy atom. The molecule has 0 amide bonds. The zero-order valence-electron chi connectivity index (χ0n) is 18.1. The van der Waals surface area contributed by atoms with E-state index in [2.05, 4.69) is 26.7 Å². The quantitative estimate of drug-likeness (QED) is 0.405. The highest BCUT2D eigenvalue weighted by molar-refractivity contribution is 5.87. The second kappa shape index (κ2) is 17.8. The molecule has 0 heterocycles. The van der Waals surface area contributed by atoms with Crippen LogP contribution in [0.15, 0.2) is 61.2 Å². The Balaban J connectivity index is 0. The molecule has 0 saturated carbocycles. The van der Waals surface area contributed by atoms with Gasteiger partial charge in [0.1, 0.15) is 0 Å². The van der Waals surface area contributed by atoms with Crippen molar-refractivity contribution < 1.29 is 19.1 Å². The smallest absolute Gasteiger partial charge is 0.333 e. The number of carbonyl (C=O) groups is 2. The van der Waals surface area contributed by atoms with E-state index in [4.69, 9.17) is 9.47 Å². The van der Waals surface area contributed by atoms with Crippen molar-refractivity contribution in [2.75, 3.05) is 13.2 Å². The lowest BCUT2D eigenvalue weighted by Crippen LogP contribution is -2.11. The van der Waals surface area contributed by atoms with E-state index in [-0.39, 0.29) is 11.9 Å². The van der Waals surface area contributed by atoms with Gasteiger partial charge in [0.25, 0.3) is 0 Å². The van der Waals surface area contributed by atoms with Crippen molar-refractivity contribution in [3.63, 3.8) is 0 Å². The molecule has 4 heteroatoms. The van der Waals surface area contributed by atoms with Gasteiger partial charge in [0.15, 0.2) is 0 Å². The molecule has 156 valence electrons. The highest BCUT2D eigenvalue weighted by Crippen LogP contribution is 2.02. The van der Waals surface area contributed by atoms with Gasteiger partial charge in [0.2, 0.25) is 0 Å². The summed E-state index contributed by atoms with van der Waals surface area (Å²) >= 11 is 0. The van der Waals surface area contributed by atoms with Crippen LogP contribution in [0.2, 0.25) is 0 Å². The summed E-state index contributed by atoms with van der Waals surface area (Å²) in [6.07, 6.45) is 3.72. The van der Waals surface area contributed by atoms with Crippen LogP contribution in [0, 0.1) is 5.92 Å². The fourth-order valence-corrected chi connectivity index (χ4v) is 1.37. The number of esters is 2. The first-order chi connectivity index (χ1) is 13.2. The standard InChI is InChI=1S/C9H16O2.C8H8.C7H12O2/c1-5-8(4)6-11-9(10)7(2)3;1-2-8-6-4-3-5-7-8;1-4-5-9-7(8)6(2)3/h8H,2,5-6H2,1,3-4H3;2-7H,1H2;2,4-5H2,1,3H3. The summed E-state index contributed by atoms with van der Waals surface area (Å²) in [5.41, 5.74) is 2.10. The summed E-state index contributed by atoms with van der Waals surface area (Å²) < 4.78 is 9.63. The Labute approximate surface area is 170 Å². The molecule has 1 aromatic carbocycles. The third kappa shape index (κ3) is 16.8. The van der Waals surface area contributed by atoms with E-state index in [1.54, 1.807) is 13.8 Å². The van der Waals surface area contributed by atoms with E-state index >= 15 is 0 Å². The van der Waals surface area contributed by atoms with E-state index in [0.717, 1.165) is 12.8 Å². The lowest BCUT2D eigenvalue weighted by Gasteiger charge is -2.08. The largest absolute Gasteiger partial charge is 0.462 e. The normalized spacial score (nSPS) is 10.0. The highest BCUT2D eigenvalue weighted by Gasteiger charge is 2.05. The molecule has 1 rings (SSSR count). The molecule has 0 spiro atoms. The molecule has 1 unspecified atom stereocenters. The molecule has 0 radical (unpaired) electrons. The summed E-state index contributed by atoms with van der Waals surface area (Å²) in [4.78, 5) is 21.4. The lowest BCUT2D eigenvalue weighted by molar-refractivity contribution is -0.140. The first kappa shape index (κ1) is 27.6. The van der Waals surface area contributed by atoms with E-state index in [9.17, 15) is 9.59 Å². The number of ether oxygens (including phenoxy) is 2. The minimum Gasteiger partial charge on any atom is -0.462 e. The van der Waals surface area contributed by atoms with Crippen molar-refractivity contribution in [2.24, 2.45) is 5.92 Å². The minimum absolute atomic E-state index is 0.287. The van der Waals surface area contributed by atoms with Gasteiger partial charge in [-0.15, -0.1) is 0 Å². The predicted molar refractivity (Wildman–Crippen MR) is 118 cm³/mol. The van der Waals surface area contributed by atoms with Crippen LogP contribution in [-0.4, -0.2) is 25.2 Å². The maximum Gasteiger partial charge on any atom is 0.333 e. The van der Waals surface area contributed by atoms with Gasteiger partial charge in [-0.25, -0.2) is 9.59 Å². The molecule has 1 aromatic rings. The monoisotopic (exact) mass is 388 g/mol. The van der Waals surface area contributed by atoms with Crippen molar-refractivity contribution in [3.8, 4) is 0 Å². The SMILES string of the molecule is C=C(C)C(=O)OCC(C)CC.C=C(C)C(=O)OCCC.C=Cc1ccccc1. The van der Waals surface area contributed by atoms with Crippen LogP contribution >= 0.6 is 0 Å². The van der Waals surface area contributed by atoms with E-state index in [1.807, 2.05) is 50.3 Å². The van der Waals surface area contributed by atoms with Crippen LogP contribution in [-0.2, 0) is 19.1 Å². The van der Waals surface area contributed by atoms with Crippen LogP contribution in [0.25, 0.3) is 6.08 Å². The third-order valence-electron chi connectivity index (χ3n) is 3.37. The topological polar surface area (TPSA) is 52.6 Å². The van der Waals surface area contributed by atoms with Gasteiger partial charge < -0.3 is 9.47 Å². The lowest BCUT2D eigenvalue weighted by atomic mass is 10.1. The second-order valence-corrected chi connectivity index (χ2v) is 6.42. The van der Waals surface area contributed by atoms with Gasteiger partial charge in [-0.3, -0.25) is 0 Å². The first-order valence-electron chi connectivity index (χ1n) is 9.52. The maximum absolute atomic E-state index is 10.8. The molecule has 0 N–H and O–H groups in total. The van der Waals surface area contributed by atoms with Crippen molar-refractivity contribution in [1.82, 2.24) is 0 Å². The summed E-state index contributed by atoms with van der Waals surface area (Å²) in [6, 6.07) is 10.0. The molecule has 1 atom stereocenters. The van der Waals surface area contributed by atoms with Crippen LogP contribution in [0.5, 0.6) is 0 Å². The van der Waals surface area contributed by atoms with E-state index in [1.165, 1.54) is 5.56 Å². The fraction of sp³-hybridized carbons (Fsp3) is 0.417. The Kier molecular flexibility index (Phi) is 17.5. The Morgan fingerprint density at radius 2 is 1.50 bits per heavy atom. The van der Waals surface area contributed by atoms with Gasteiger partial charge >= 0.3 is 11.9 Å². The highest BCUT2D eigenvalue weighted by atomic mass is 16.5. The van der Waals surface area contributed by atoms with Gasteiger partial charge in [0, 0.05) is 11.1 Å². The third-order valence-corrected chi connectivity index (χ3v) is 3.37. The van der Waals surface area contributed by atoms with Crippen molar-refractivity contribution in [3.05, 3.63) is 66.8 Å². The molecule has 0 aliphatic heterocycles. The van der Waals surface area contributed by atoms with Crippen LogP contribution in [0.4, 0.5) is 0 Å². The molecule has 28 heavy (non-hydrogen) atoms. The molecule has 0 fully saturated rings. The number of rotatable bonds is 8. The summed E-state index contributed by atoms with van der Waals surface area (Å²) in [5.74, 6) is -0.138. The summed E-state index contributed by atoms with van der Waals surface area (Å²) in [5, 5.41) is 0. The molecule has 0 aromatic heterocycles. The van der Waals surface area contributed by atoms with Gasteiger partial charge in [-0.05, 0) is 31.7 Å². The van der Waals surface area contributed by atoms with Gasteiger partial charge in [-0.1, -0.05) is 83.3 Å². The number of carbonyl (C=O) groups excluding carboxylic acids is 2. The average Bonchev–Trinajstić information content (AvgIpc) is 2.71. The van der Waals surface area contributed by atoms with E-state index in [0.29, 0.717) is 30.3 Å². The molecule has 0 bridgehead atoms. The van der Waals surface area contributed by atoms with E-state index < -0.39 is 0 Å². The zero-order valence-corrected chi connectivity index (χ0v) is 18.1. The number of hydrogen-bond donors (Lipinski definition) is 0. The Hall–Kier alpha value is -2.62. The fourth-order valence-electron chi connectivity index (χ4n) is 1.37. The van der Waals surface area contributed by atoms with Crippen molar-refractivity contribution in [2.45, 2.75) is 47.5 Å². The van der Waals surface area contributed by atoms with Crippen molar-refractivity contribution in [1.29, 1.82) is 0 Å². The Bertz CT molecular complexity index is 602. The molecule has 0 aliphatic carbocycles. The predicted octanol–water partition coefficient (Wildman–Crippen LogP) is 6.00. The summed E-state index contributed by atoms with van der Waals surface area (Å²) in [6.45, 7) is 20.9. The maximum atomic E-state index is 10.8. The van der Waals surface area contributed by atoms with Gasteiger partial charge in [0.05, 0.1) is 13.2 Å².